The molecule has 7 nitrogen and oxygen atoms in total. The zero-order valence-corrected chi connectivity index (χ0v) is 26.5. The standard InChI is InChI=1S/C35H34BrN3O4S/c1-2-21-35(34(41)39-37-24-26-11-6-9-16-31(26)44-28-12-4-3-5-13-28)32(29-14-7-8-15-30(29)36)43-33(38-35)25-17-19-27(20-18-25)42-23-10-22-40/h2-9,11-20,32,37,40H,1,10,21-24H2,(H,39,41)/t32-,35-/m0/s1. The number of amides is 1. The van der Waals surface area contributed by atoms with Gasteiger partial charge < -0.3 is 14.6 Å². The summed E-state index contributed by atoms with van der Waals surface area (Å²) in [5.74, 6) is 0.702. The van der Waals surface area contributed by atoms with E-state index in [2.05, 4.69) is 51.6 Å². The molecular weight excluding hydrogens is 638 g/mol. The Kier molecular flexibility index (Phi) is 10.9. The van der Waals surface area contributed by atoms with E-state index < -0.39 is 11.6 Å². The van der Waals surface area contributed by atoms with Gasteiger partial charge in [0.25, 0.3) is 5.91 Å². The molecule has 2 atom stereocenters. The van der Waals surface area contributed by atoms with Crippen LogP contribution in [0.3, 0.4) is 0 Å². The van der Waals surface area contributed by atoms with E-state index in [1.54, 1.807) is 17.8 Å². The van der Waals surface area contributed by atoms with Gasteiger partial charge in [0.2, 0.25) is 5.90 Å². The van der Waals surface area contributed by atoms with E-state index in [1.165, 1.54) is 0 Å². The molecular formula is C35H34BrN3O4S. The van der Waals surface area contributed by atoms with E-state index >= 15 is 0 Å². The second kappa shape index (κ2) is 15.2. The van der Waals surface area contributed by atoms with Gasteiger partial charge in [-0.1, -0.05) is 88.4 Å². The van der Waals surface area contributed by atoms with Crippen molar-refractivity contribution in [3.8, 4) is 5.75 Å². The van der Waals surface area contributed by atoms with Crippen LogP contribution in [-0.2, 0) is 16.1 Å². The number of aliphatic imine (C=N–C) groups is 1. The van der Waals surface area contributed by atoms with Gasteiger partial charge in [-0.3, -0.25) is 10.2 Å². The summed E-state index contributed by atoms with van der Waals surface area (Å²) in [6.45, 7) is 4.86. The Morgan fingerprint density at radius 1 is 1.02 bits per heavy atom. The molecule has 4 aromatic carbocycles. The van der Waals surface area contributed by atoms with Gasteiger partial charge in [-0.25, -0.2) is 10.4 Å². The van der Waals surface area contributed by atoms with Crippen LogP contribution in [0.25, 0.3) is 0 Å². The number of hydrogen-bond donors (Lipinski definition) is 3. The number of rotatable bonds is 14. The molecule has 4 aromatic rings. The van der Waals surface area contributed by atoms with Crippen molar-refractivity contribution in [1.29, 1.82) is 0 Å². The van der Waals surface area contributed by atoms with Gasteiger partial charge in [-0.2, -0.15) is 0 Å². The molecule has 0 unspecified atom stereocenters. The maximum absolute atomic E-state index is 14.1. The van der Waals surface area contributed by atoms with Gasteiger partial charge in [0.05, 0.1) is 6.61 Å². The van der Waals surface area contributed by atoms with Crippen LogP contribution in [-0.4, -0.2) is 35.7 Å². The summed E-state index contributed by atoms with van der Waals surface area (Å²) in [5.41, 5.74) is 7.33. The van der Waals surface area contributed by atoms with Crippen molar-refractivity contribution >= 4 is 39.5 Å². The molecule has 9 heteroatoms. The van der Waals surface area contributed by atoms with Crippen LogP contribution in [0.1, 0.15) is 35.6 Å². The summed E-state index contributed by atoms with van der Waals surface area (Å²) in [6, 6.07) is 33.3. The summed E-state index contributed by atoms with van der Waals surface area (Å²) in [6.07, 6.45) is 1.78. The average Bonchev–Trinajstić information content (AvgIpc) is 3.43. The van der Waals surface area contributed by atoms with E-state index in [9.17, 15) is 4.79 Å². The molecule has 1 aliphatic rings. The van der Waals surface area contributed by atoms with Crippen molar-refractivity contribution in [2.45, 2.75) is 40.8 Å². The number of aliphatic hydroxyl groups excluding tert-OH is 1. The topological polar surface area (TPSA) is 92.2 Å². The number of ether oxygens (including phenoxy) is 2. The highest BCUT2D eigenvalue weighted by atomic mass is 79.9. The molecule has 0 aromatic heterocycles. The number of halogens is 1. The molecule has 226 valence electrons. The van der Waals surface area contributed by atoms with Crippen molar-refractivity contribution in [2.75, 3.05) is 13.2 Å². The minimum absolute atomic E-state index is 0.0701. The van der Waals surface area contributed by atoms with E-state index in [0.717, 1.165) is 31.0 Å². The van der Waals surface area contributed by atoms with Crippen LogP contribution in [0, 0.1) is 0 Å². The Morgan fingerprint density at radius 3 is 2.50 bits per heavy atom. The fourth-order valence-corrected chi connectivity index (χ4v) is 6.35. The van der Waals surface area contributed by atoms with Gasteiger partial charge in [0, 0.05) is 51.4 Å². The van der Waals surface area contributed by atoms with E-state index in [1.807, 2.05) is 84.9 Å². The van der Waals surface area contributed by atoms with Crippen LogP contribution < -0.4 is 15.6 Å². The first-order valence-electron chi connectivity index (χ1n) is 14.3. The fraction of sp³-hybridized carbons (Fsp3) is 0.200. The SMILES string of the molecule is C=CC[C@]1(C(=O)NNCc2ccccc2Sc2ccccc2)N=C(c2ccc(OCCCO)cc2)O[C@H]1c1ccccc1Br. The maximum atomic E-state index is 14.1. The van der Waals surface area contributed by atoms with Gasteiger partial charge >= 0.3 is 0 Å². The third kappa shape index (κ3) is 7.42. The maximum Gasteiger partial charge on any atom is 0.266 e. The highest BCUT2D eigenvalue weighted by Crippen LogP contribution is 2.44. The highest BCUT2D eigenvalue weighted by molar-refractivity contribution is 9.10. The van der Waals surface area contributed by atoms with Crippen LogP contribution in [0.15, 0.2) is 135 Å². The molecule has 1 heterocycles. The Bertz CT molecular complexity index is 1600. The molecule has 0 fully saturated rings. The molecule has 0 saturated carbocycles. The lowest BCUT2D eigenvalue weighted by molar-refractivity contribution is -0.130. The first-order valence-corrected chi connectivity index (χ1v) is 15.9. The zero-order chi connectivity index (χ0) is 30.8. The quantitative estimate of drug-likeness (QED) is 0.0759. The predicted octanol–water partition coefficient (Wildman–Crippen LogP) is 7.02. The van der Waals surface area contributed by atoms with Crippen molar-refractivity contribution in [2.24, 2.45) is 4.99 Å². The smallest absolute Gasteiger partial charge is 0.266 e. The van der Waals surface area contributed by atoms with Gasteiger partial charge in [-0.05, 0) is 54.1 Å². The fourth-order valence-electron chi connectivity index (χ4n) is 4.89. The number of benzene rings is 4. The summed E-state index contributed by atoms with van der Waals surface area (Å²) in [4.78, 5) is 21.3. The summed E-state index contributed by atoms with van der Waals surface area (Å²) in [7, 11) is 0. The minimum atomic E-state index is -1.32. The molecule has 1 aliphatic heterocycles. The number of nitrogens with zero attached hydrogens (tertiary/aromatic N) is 1. The first-order chi connectivity index (χ1) is 21.5. The third-order valence-electron chi connectivity index (χ3n) is 7.10. The van der Waals surface area contributed by atoms with Crippen molar-refractivity contribution in [1.82, 2.24) is 10.9 Å². The molecule has 44 heavy (non-hydrogen) atoms. The molecule has 0 spiro atoms. The molecule has 0 aliphatic carbocycles. The number of hydrogen-bond acceptors (Lipinski definition) is 7. The highest BCUT2D eigenvalue weighted by Gasteiger charge is 2.53. The Balaban J connectivity index is 1.39. The minimum Gasteiger partial charge on any atom is -0.494 e. The second-order valence-corrected chi connectivity index (χ2v) is 12.1. The Labute approximate surface area is 270 Å². The lowest BCUT2D eigenvalue weighted by atomic mass is 9.84. The number of nitrogens with one attached hydrogen (secondary N) is 2. The largest absolute Gasteiger partial charge is 0.494 e. The normalized spacial score (nSPS) is 17.4. The van der Waals surface area contributed by atoms with Gasteiger partial charge in [0.15, 0.2) is 11.6 Å². The van der Waals surface area contributed by atoms with Gasteiger partial charge in [0.1, 0.15) is 5.75 Å². The number of carbonyl (C=O) groups is 1. The number of carbonyl (C=O) groups excluding carboxylic acids is 1. The summed E-state index contributed by atoms with van der Waals surface area (Å²) < 4.78 is 13.0. The Morgan fingerprint density at radius 2 is 1.75 bits per heavy atom. The molecule has 3 N–H and O–H groups in total. The van der Waals surface area contributed by atoms with E-state index in [0.29, 0.717) is 31.2 Å². The molecule has 0 radical (unpaired) electrons. The molecule has 0 saturated heterocycles. The predicted molar refractivity (Wildman–Crippen MR) is 178 cm³/mol. The number of aliphatic hydroxyl groups is 1. The van der Waals surface area contributed by atoms with Crippen molar-refractivity contribution < 1.29 is 19.4 Å². The molecule has 1 amide bonds. The molecule has 5 rings (SSSR count). The lowest BCUT2D eigenvalue weighted by Crippen LogP contribution is -2.52. The molecule has 0 bridgehead atoms. The van der Waals surface area contributed by atoms with Crippen molar-refractivity contribution in [3.05, 3.63) is 137 Å². The Hall–Kier alpha value is -3.89. The second-order valence-electron chi connectivity index (χ2n) is 10.1. The third-order valence-corrected chi connectivity index (χ3v) is 8.95. The van der Waals surface area contributed by atoms with Gasteiger partial charge in [-0.15, -0.1) is 6.58 Å². The summed E-state index contributed by atoms with van der Waals surface area (Å²) >= 11 is 5.33. The average molecular weight is 673 g/mol. The zero-order valence-electron chi connectivity index (χ0n) is 24.1. The summed E-state index contributed by atoms with van der Waals surface area (Å²) in [5, 5.41) is 9.03. The van der Waals surface area contributed by atoms with Crippen molar-refractivity contribution in [3.63, 3.8) is 0 Å². The monoisotopic (exact) mass is 671 g/mol. The lowest BCUT2D eigenvalue weighted by Gasteiger charge is -2.30. The van der Waals surface area contributed by atoms with Crippen LogP contribution >= 0.6 is 27.7 Å². The first kappa shape index (κ1) is 31.5. The van der Waals surface area contributed by atoms with Crippen LogP contribution in [0.4, 0.5) is 0 Å². The van der Waals surface area contributed by atoms with E-state index in [-0.39, 0.29) is 18.9 Å². The van der Waals surface area contributed by atoms with Crippen LogP contribution in [0.2, 0.25) is 0 Å². The van der Waals surface area contributed by atoms with E-state index in [4.69, 9.17) is 19.6 Å². The van der Waals surface area contributed by atoms with Crippen LogP contribution in [0.5, 0.6) is 5.75 Å². The number of hydrazine groups is 1.